The van der Waals surface area contributed by atoms with Gasteiger partial charge >= 0.3 is 5.97 Å². The monoisotopic (exact) mass is 376 g/mol. The van der Waals surface area contributed by atoms with E-state index in [0.29, 0.717) is 13.2 Å². The number of methoxy groups -OCH3 is 1. The predicted octanol–water partition coefficient (Wildman–Crippen LogP) is 1.89. The van der Waals surface area contributed by atoms with Gasteiger partial charge in [-0.15, -0.1) is 0 Å². The number of hydrogen-bond donors (Lipinski definition) is 2. The minimum atomic E-state index is -0.730. The van der Waals surface area contributed by atoms with Crippen LogP contribution >= 0.6 is 0 Å². The van der Waals surface area contributed by atoms with Crippen LogP contribution in [0.2, 0.25) is 0 Å². The van der Waals surface area contributed by atoms with Crippen LogP contribution in [0.3, 0.4) is 0 Å². The van der Waals surface area contributed by atoms with E-state index >= 15 is 0 Å². The summed E-state index contributed by atoms with van der Waals surface area (Å²) in [5.41, 5.74) is 1.24. The van der Waals surface area contributed by atoms with E-state index in [2.05, 4.69) is 10.2 Å². The normalized spacial score (nSPS) is 24.6. The van der Waals surface area contributed by atoms with E-state index in [4.69, 9.17) is 14.2 Å². The molecule has 2 fully saturated rings. The summed E-state index contributed by atoms with van der Waals surface area (Å²) in [5.74, 6) is 1.64. The van der Waals surface area contributed by atoms with Gasteiger partial charge in [0.2, 0.25) is 0 Å². The quantitative estimate of drug-likeness (QED) is 0.831. The zero-order chi connectivity index (χ0) is 18.9. The molecule has 1 aromatic rings. The molecule has 27 heavy (non-hydrogen) atoms. The van der Waals surface area contributed by atoms with Crippen LogP contribution in [-0.4, -0.2) is 62.0 Å². The number of ether oxygens (including phenoxy) is 3. The number of benzene rings is 1. The van der Waals surface area contributed by atoms with E-state index in [-0.39, 0.29) is 5.41 Å². The van der Waals surface area contributed by atoms with Crippen molar-refractivity contribution in [3.63, 3.8) is 0 Å². The number of carboxylic acids is 1. The molecule has 4 rings (SSSR count). The van der Waals surface area contributed by atoms with Crippen molar-refractivity contribution in [1.29, 1.82) is 0 Å². The molecule has 0 aromatic heterocycles. The van der Waals surface area contributed by atoms with Crippen molar-refractivity contribution in [2.45, 2.75) is 38.3 Å². The molecule has 0 unspecified atom stereocenters. The van der Waals surface area contributed by atoms with Gasteiger partial charge in [-0.2, -0.15) is 0 Å². The third kappa shape index (κ3) is 3.84. The van der Waals surface area contributed by atoms with Gasteiger partial charge in [-0.1, -0.05) is 0 Å². The fourth-order valence-electron chi connectivity index (χ4n) is 4.44. The standard InChI is InChI=1S/C20H28N2O5/c1-25-16-10-18-17(26-7-2-8-27-18)9-14(16)12-22-5-3-20(4-6-22)11-15(19(23)24)21-13-20/h9-10,15,21H,2-8,11-13H2,1H3,(H,23,24)/t15-/m0/s1. The summed E-state index contributed by atoms with van der Waals surface area (Å²) in [7, 11) is 1.68. The molecule has 3 aliphatic rings. The second kappa shape index (κ2) is 7.56. The zero-order valence-electron chi connectivity index (χ0n) is 15.8. The Kier molecular flexibility index (Phi) is 5.14. The Labute approximate surface area is 159 Å². The lowest BCUT2D eigenvalue weighted by molar-refractivity contribution is -0.139. The molecule has 0 saturated carbocycles. The summed E-state index contributed by atoms with van der Waals surface area (Å²) in [6, 6.07) is 3.58. The van der Waals surface area contributed by atoms with E-state index < -0.39 is 12.0 Å². The number of rotatable bonds is 4. The Morgan fingerprint density at radius 3 is 2.63 bits per heavy atom. The highest BCUT2D eigenvalue weighted by molar-refractivity contribution is 5.74. The summed E-state index contributed by atoms with van der Waals surface area (Å²) in [6.45, 7) is 4.87. The third-order valence-corrected chi connectivity index (χ3v) is 6.12. The maximum absolute atomic E-state index is 11.2. The van der Waals surface area contributed by atoms with Crippen LogP contribution in [0.25, 0.3) is 0 Å². The first kappa shape index (κ1) is 18.4. The first-order valence-electron chi connectivity index (χ1n) is 9.74. The predicted molar refractivity (Wildman–Crippen MR) is 99.6 cm³/mol. The number of fused-ring (bicyclic) bond motifs is 1. The maximum atomic E-state index is 11.2. The van der Waals surface area contributed by atoms with Crippen LogP contribution < -0.4 is 19.5 Å². The molecule has 3 heterocycles. The molecule has 7 heteroatoms. The Morgan fingerprint density at radius 2 is 2.00 bits per heavy atom. The lowest BCUT2D eigenvalue weighted by Gasteiger charge is -2.39. The Bertz CT molecular complexity index is 700. The summed E-state index contributed by atoms with van der Waals surface area (Å²) < 4.78 is 17.2. The number of nitrogens with one attached hydrogen (secondary N) is 1. The van der Waals surface area contributed by atoms with Crippen molar-refractivity contribution < 1.29 is 24.1 Å². The molecule has 148 valence electrons. The van der Waals surface area contributed by atoms with Crippen LogP contribution in [0.1, 0.15) is 31.2 Å². The van der Waals surface area contributed by atoms with Crippen molar-refractivity contribution in [3.8, 4) is 17.2 Å². The molecule has 3 aliphatic heterocycles. The van der Waals surface area contributed by atoms with E-state index in [0.717, 1.165) is 74.7 Å². The molecule has 0 radical (unpaired) electrons. The highest BCUT2D eigenvalue weighted by Gasteiger charge is 2.43. The Morgan fingerprint density at radius 1 is 1.30 bits per heavy atom. The van der Waals surface area contributed by atoms with E-state index in [1.807, 2.05) is 12.1 Å². The lowest BCUT2D eigenvalue weighted by Crippen LogP contribution is -2.40. The highest BCUT2D eigenvalue weighted by atomic mass is 16.5. The molecule has 0 aliphatic carbocycles. The van der Waals surface area contributed by atoms with Crippen LogP contribution in [0.5, 0.6) is 17.2 Å². The third-order valence-electron chi connectivity index (χ3n) is 6.12. The van der Waals surface area contributed by atoms with Gasteiger partial charge in [0.25, 0.3) is 0 Å². The molecule has 2 saturated heterocycles. The average Bonchev–Trinajstić information content (AvgIpc) is 2.95. The van der Waals surface area contributed by atoms with E-state index in [1.54, 1.807) is 7.11 Å². The molecule has 0 bridgehead atoms. The fourth-order valence-corrected chi connectivity index (χ4v) is 4.44. The van der Waals surface area contributed by atoms with Crippen LogP contribution in [-0.2, 0) is 11.3 Å². The summed E-state index contributed by atoms with van der Waals surface area (Å²) in [6.07, 6.45) is 3.67. The van der Waals surface area contributed by atoms with Gasteiger partial charge in [-0.3, -0.25) is 9.69 Å². The number of hydrogen-bond acceptors (Lipinski definition) is 6. The fraction of sp³-hybridized carbons (Fsp3) is 0.650. The van der Waals surface area contributed by atoms with Gasteiger partial charge in [0.1, 0.15) is 11.8 Å². The molecular weight excluding hydrogens is 348 g/mol. The first-order valence-corrected chi connectivity index (χ1v) is 9.74. The maximum Gasteiger partial charge on any atom is 0.320 e. The minimum absolute atomic E-state index is 0.133. The zero-order valence-corrected chi connectivity index (χ0v) is 15.8. The molecule has 2 N–H and O–H groups in total. The summed E-state index contributed by atoms with van der Waals surface area (Å²) in [4.78, 5) is 13.7. The van der Waals surface area contributed by atoms with Gasteiger partial charge < -0.3 is 24.6 Å². The van der Waals surface area contributed by atoms with Crippen LogP contribution in [0.4, 0.5) is 0 Å². The molecule has 0 amide bonds. The largest absolute Gasteiger partial charge is 0.496 e. The Hall–Kier alpha value is -1.99. The Balaban J connectivity index is 1.42. The summed E-state index contributed by atoms with van der Waals surface area (Å²) in [5, 5.41) is 12.4. The number of aliphatic carboxylic acids is 1. The SMILES string of the molecule is COc1cc2c(cc1CN1CCC3(CC1)CN[C@H](C(=O)O)C3)OCCCO2. The van der Waals surface area contributed by atoms with Gasteiger partial charge in [-0.05, 0) is 43.8 Å². The van der Waals surface area contributed by atoms with Crippen molar-refractivity contribution in [2.75, 3.05) is 40.0 Å². The van der Waals surface area contributed by atoms with E-state index in [1.165, 1.54) is 0 Å². The van der Waals surface area contributed by atoms with Crippen LogP contribution in [0.15, 0.2) is 12.1 Å². The molecule has 1 spiro atoms. The molecular formula is C20H28N2O5. The number of carbonyl (C=O) groups is 1. The molecule has 1 aromatic carbocycles. The van der Waals surface area contributed by atoms with Gasteiger partial charge in [0.05, 0.1) is 20.3 Å². The van der Waals surface area contributed by atoms with Gasteiger partial charge in [0, 0.05) is 31.1 Å². The minimum Gasteiger partial charge on any atom is -0.496 e. The summed E-state index contributed by atoms with van der Waals surface area (Å²) >= 11 is 0. The van der Waals surface area contributed by atoms with Gasteiger partial charge in [-0.25, -0.2) is 0 Å². The highest BCUT2D eigenvalue weighted by Crippen LogP contribution is 2.41. The lowest BCUT2D eigenvalue weighted by atomic mass is 9.76. The van der Waals surface area contributed by atoms with Crippen molar-refractivity contribution in [1.82, 2.24) is 10.2 Å². The second-order valence-electron chi connectivity index (χ2n) is 7.91. The number of carboxylic acid groups (broad SMARTS) is 1. The topological polar surface area (TPSA) is 80.3 Å². The smallest absolute Gasteiger partial charge is 0.320 e. The molecule has 1 atom stereocenters. The van der Waals surface area contributed by atoms with Crippen molar-refractivity contribution in [3.05, 3.63) is 17.7 Å². The van der Waals surface area contributed by atoms with E-state index in [9.17, 15) is 9.90 Å². The van der Waals surface area contributed by atoms with Crippen LogP contribution in [0, 0.1) is 5.41 Å². The number of likely N-dealkylation sites (tertiary alicyclic amines) is 1. The average molecular weight is 376 g/mol. The van der Waals surface area contributed by atoms with Crippen molar-refractivity contribution >= 4 is 5.97 Å². The van der Waals surface area contributed by atoms with Crippen molar-refractivity contribution in [2.24, 2.45) is 5.41 Å². The number of piperidine rings is 1. The first-order chi connectivity index (χ1) is 13.1. The second-order valence-corrected chi connectivity index (χ2v) is 7.91. The number of nitrogens with zero attached hydrogens (tertiary/aromatic N) is 1. The molecule has 7 nitrogen and oxygen atoms in total. The van der Waals surface area contributed by atoms with Gasteiger partial charge in [0.15, 0.2) is 11.5 Å².